The van der Waals surface area contributed by atoms with Gasteiger partial charge in [0.1, 0.15) is 0 Å². The molecule has 0 radical (unpaired) electrons. The summed E-state index contributed by atoms with van der Waals surface area (Å²) >= 11 is 3.45. The number of hydrogen-bond acceptors (Lipinski definition) is 3. The third kappa shape index (κ3) is 2.85. The molecule has 4 aromatic rings. The summed E-state index contributed by atoms with van der Waals surface area (Å²) in [4.78, 5) is 13.7. The van der Waals surface area contributed by atoms with Gasteiger partial charge in [0.15, 0.2) is 11.5 Å². The Morgan fingerprint density at radius 2 is 1.48 bits per heavy atom. The number of pyridine rings is 1. The summed E-state index contributed by atoms with van der Waals surface area (Å²) in [7, 11) is 0. The van der Waals surface area contributed by atoms with Crippen molar-refractivity contribution in [2.45, 2.75) is 0 Å². The lowest BCUT2D eigenvalue weighted by atomic mass is 10.1. The van der Waals surface area contributed by atoms with Crippen LogP contribution in [0.25, 0.3) is 33.7 Å². The highest BCUT2D eigenvalue weighted by Gasteiger charge is 2.06. The van der Waals surface area contributed by atoms with Crippen LogP contribution < -0.4 is 0 Å². The molecule has 0 unspecified atom stereocenters. The molecule has 0 atom stereocenters. The molecule has 0 saturated carbocycles. The van der Waals surface area contributed by atoms with Crippen LogP contribution in [-0.2, 0) is 0 Å². The van der Waals surface area contributed by atoms with Gasteiger partial charge in [-0.1, -0.05) is 58.4 Å². The topological polar surface area (TPSA) is 38.7 Å². The van der Waals surface area contributed by atoms with Crippen LogP contribution in [0.1, 0.15) is 0 Å². The number of hydrogen-bond donors (Lipinski definition) is 0. The minimum atomic E-state index is 0.693. The van der Waals surface area contributed by atoms with E-state index in [9.17, 15) is 0 Å². The molecule has 3 nitrogen and oxygen atoms in total. The second kappa shape index (κ2) is 5.89. The fourth-order valence-electron chi connectivity index (χ4n) is 2.42. The predicted octanol–water partition coefficient (Wildman–Crippen LogP) is 5.12. The third-order valence-corrected chi connectivity index (χ3v) is 4.14. The summed E-state index contributed by atoms with van der Waals surface area (Å²) < 4.78 is 1.05. The Hall–Kier alpha value is -2.59. The van der Waals surface area contributed by atoms with E-state index < -0.39 is 0 Å². The molecule has 23 heavy (non-hydrogen) atoms. The summed E-state index contributed by atoms with van der Waals surface area (Å²) in [5.74, 6) is 0.693. The molecule has 110 valence electrons. The van der Waals surface area contributed by atoms with E-state index in [1.54, 1.807) is 0 Å². The predicted molar refractivity (Wildman–Crippen MR) is 95.9 cm³/mol. The van der Waals surface area contributed by atoms with E-state index in [1.807, 2.05) is 72.9 Å². The van der Waals surface area contributed by atoms with Gasteiger partial charge in [-0.3, -0.25) is 0 Å². The molecule has 0 spiro atoms. The molecule has 2 heterocycles. The first kappa shape index (κ1) is 14.0. The normalized spacial score (nSPS) is 10.8. The van der Waals surface area contributed by atoms with Crippen molar-refractivity contribution in [1.82, 2.24) is 15.0 Å². The maximum atomic E-state index is 4.69. The second-order valence-corrected chi connectivity index (χ2v) is 6.09. The Morgan fingerprint density at radius 1 is 0.696 bits per heavy atom. The van der Waals surface area contributed by atoms with Crippen molar-refractivity contribution in [3.63, 3.8) is 0 Å². The number of rotatable bonds is 2. The van der Waals surface area contributed by atoms with Crippen LogP contribution in [0.15, 0.2) is 77.4 Å². The Labute approximate surface area is 142 Å². The Kier molecular flexibility index (Phi) is 3.60. The molecule has 0 saturated heterocycles. The highest BCUT2D eigenvalue weighted by molar-refractivity contribution is 9.10. The first-order valence-electron chi connectivity index (χ1n) is 7.25. The van der Waals surface area contributed by atoms with Gasteiger partial charge in [0.2, 0.25) is 0 Å². The zero-order chi connectivity index (χ0) is 15.6. The van der Waals surface area contributed by atoms with Crippen molar-refractivity contribution in [1.29, 1.82) is 0 Å². The van der Waals surface area contributed by atoms with Gasteiger partial charge in [0.05, 0.1) is 5.69 Å². The maximum Gasteiger partial charge on any atom is 0.163 e. The van der Waals surface area contributed by atoms with E-state index in [4.69, 9.17) is 4.98 Å². The molecule has 0 fully saturated rings. The Morgan fingerprint density at radius 3 is 2.26 bits per heavy atom. The highest BCUT2D eigenvalue weighted by Crippen LogP contribution is 2.23. The van der Waals surface area contributed by atoms with Crippen molar-refractivity contribution in [2.75, 3.05) is 0 Å². The first-order valence-corrected chi connectivity index (χ1v) is 8.04. The zero-order valence-corrected chi connectivity index (χ0v) is 13.7. The molecule has 2 aromatic carbocycles. The van der Waals surface area contributed by atoms with Crippen LogP contribution in [0.3, 0.4) is 0 Å². The summed E-state index contributed by atoms with van der Waals surface area (Å²) in [5.41, 5.74) is 3.67. The molecule has 0 amide bonds. The van der Waals surface area contributed by atoms with Crippen molar-refractivity contribution in [3.05, 3.63) is 77.4 Å². The van der Waals surface area contributed by atoms with Crippen LogP contribution in [-0.4, -0.2) is 15.0 Å². The SMILES string of the molecule is Brc1ccc(-c2ccc3cnc(-c4ccccc4)nc3n2)cc1. The molecule has 0 bridgehead atoms. The second-order valence-electron chi connectivity index (χ2n) is 5.18. The van der Waals surface area contributed by atoms with Crippen LogP contribution in [0, 0.1) is 0 Å². The molecule has 0 N–H and O–H groups in total. The highest BCUT2D eigenvalue weighted by atomic mass is 79.9. The molecule has 4 rings (SSSR count). The van der Waals surface area contributed by atoms with E-state index in [0.717, 1.165) is 26.7 Å². The molecule has 0 aliphatic rings. The molecule has 4 heteroatoms. The lowest BCUT2D eigenvalue weighted by Crippen LogP contribution is -1.93. The van der Waals surface area contributed by atoms with Gasteiger partial charge in [0, 0.05) is 27.2 Å². The number of fused-ring (bicyclic) bond motifs is 1. The van der Waals surface area contributed by atoms with Gasteiger partial charge in [-0.05, 0) is 24.3 Å². The number of aromatic nitrogens is 3. The van der Waals surface area contributed by atoms with E-state index in [1.165, 1.54) is 0 Å². The average molecular weight is 362 g/mol. The van der Waals surface area contributed by atoms with Crippen LogP contribution in [0.2, 0.25) is 0 Å². The van der Waals surface area contributed by atoms with Gasteiger partial charge in [-0.25, -0.2) is 15.0 Å². The number of halogens is 1. The minimum absolute atomic E-state index is 0.693. The lowest BCUT2D eigenvalue weighted by molar-refractivity contribution is 1.19. The van der Waals surface area contributed by atoms with Crippen LogP contribution in [0.5, 0.6) is 0 Å². The van der Waals surface area contributed by atoms with Gasteiger partial charge >= 0.3 is 0 Å². The summed E-state index contributed by atoms with van der Waals surface area (Å²) in [6, 6.07) is 22.0. The van der Waals surface area contributed by atoms with Crippen molar-refractivity contribution in [2.24, 2.45) is 0 Å². The fourth-order valence-corrected chi connectivity index (χ4v) is 2.68. The van der Waals surface area contributed by atoms with Gasteiger partial charge in [0.25, 0.3) is 0 Å². The third-order valence-electron chi connectivity index (χ3n) is 3.62. The summed E-state index contributed by atoms with van der Waals surface area (Å²) in [5, 5.41) is 0.936. The van der Waals surface area contributed by atoms with Gasteiger partial charge in [-0.2, -0.15) is 0 Å². The summed E-state index contributed by atoms with van der Waals surface area (Å²) in [6.45, 7) is 0. The van der Waals surface area contributed by atoms with Gasteiger partial charge in [-0.15, -0.1) is 0 Å². The molecule has 2 aromatic heterocycles. The van der Waals surface area contributed by atoms with E-state index in [0.29, 0.717) is 11.5 Å². The van der Waals surface area contributed by atoms with Crippen molar-refractivity contribution < 1.29 is 0 Å². The Balaban J connectivity index is 1.82. The maximum absolute atomic E-state index is 4.69. The average Bonchev–Trinajstić information content (AvgIpc) is 2.62. The Bertz CT molecular complexity index is 967. The largest absolute Gasteiger partial charge is 0.236 e. The van der Waals surface area contributed by atoms with E-state index >= 15 is 0 Å². The minimum Gasteiger partial charge on any atom is -0.236 e. The van der Waals surface area contributed by atoms with Crippen LogP contribution >= 0.6 is 15.9 Å². The lowest BCUT2D eigenvalue weighted by Gasteiger charge is -2.05. The number of benzene rings is 2. The quantitative estimate of drug-likeness (QED) is 0.497. The monoisotopic (exact) mass is 361 g/mol. The fraction of sp³-hybridized carbons (Fsp3) is 0. The van der Waals surface area contributed by atoms with E-state index in [-0.39, 0.29) is 0 Å². The zero-order valence-electron chi connectivity index (χ0n) is 12.1. The molecular formula is C19H12BrN3. The van der Waals surface area contributed by atoms with Crippen LogP contribution in [0.4, 0.5) is 0 Å². The molecule has 0 aliphatic carbocycles. The van der Waals surface area contributed by atoms with Crippen molar-refractivity contribution >= 4 is 27.0 Å². The molecule has 0 aliphatic heterocycles. The smallest absolute Gasteiger partial charge is 0.163 e. The standard InChI is InChI=1S/C19H12BrN3/c20-16-9-6-13(7-10-16)17-11-8-15-12-21-18(23-19(15)22-17)14-4-2-1-3-5-14/h1-12H. The number of nitrogens with zero attached hydrogens (tertiary/aromatic N) is 3. The molecular weight excluding hydrogens is 350 g/mol. The summed E-state index contributed by atoms with van der Waals surface area (Å²) in [6.07, 6.45) is 1.82. The van der Waals surface area contributed by atoms with Gasteiger partial charge < -0.3 is 0 Å². The van der Waals surface area contributed by atoms with E-state index in [2.05, 4.69) is 25.9 Å². The van der Waals surface area contributed by atoms with Crippen molar-refractivity contribution in [3.8, 4) is 22.6 Å². The first-order chi connectivity index (χ1) is 11.3.